The monoisotopic (exact) mass is 500 g/mol. The Bertz CT molecular complexity index is 1500. The zero-order valence-electron chi connectivity index (χ0n) is 19.1. The lowest BCUT2D eigenvalue weighted by molar-refractivity contribution is 0.0951. The third kappa shape index (κ3) is 4.97. The van der Waals surface area contributed by atoms with Gasteiger partial charge in [-0.25, -0.2) is 8.42 Å². The van der Waals surface area contributed by atoms with Gasteiger partial charge < -0.3 is 10.6 Å². The summed E-state index contributed by atoms with van der Waals surface area (Å²) in [5.41, 5.74) is 5.65. The average Bonchev–Trinajstić information content (AvgIpc) is 2.90. The number of anilines is 2. The molecule has 35 heavy (non-hydrogen) atoms. The number of nitrogens with one attached hydrogen (secondary N) is 2. The van der Waals surface area contributed by atoms with Gasteiger partial charge in [-0.05, 0) is 59.2 Å². The molecule has 5 nitrogen and oxygen atoms in total. The highest BCUT2D eigenvalue weighted by atomic mass is 32.2. The summed E-state index contributed by atoms with van der Waals surface area (Å²) in [5.74, 6) is -0.123. The Balaban J connectivity index is 1.27. The number of rotatable bonds is 6. The zero-order chi connectivity index (χ0) is 24.4. The number of hydrogen-bond donors (Lipinski definition) is 2. The summed E-state index contributed by atoms with van der Waals surface area (Å²) < 4.78 is 23.9. The minimum absolute atomic E-state index is 0.0619. The lowest BCUT2D eigenvalue weighted by Crippen LogP contribution is -2.23. The van der Waals surface area contributed by atoms with E-state index in [0.717, 1.165) is 26.7 Å². The second-order valence-corrected chi connectivity index (χ2v) is 11.6. The molecular formula is C28H24N2O3S2. The van der Waals surface area contributed by atoms with Crippen LogP contribution in [0.1, 0.15) is 22.8 Å². The third-order valence-electron chi connectivity index (χ3n) is 5.94. The Kier molecular flexibility index (Phi) is 6.36. The van der Waals surface area contributed by atoms with Gasteiger partial charge in [0.05, 0.1) is 22.0 Å². The van der Waals surface area contributed by atoms with E-state index < -0.39 is 9.84 Å². The maximum Gasteiger partial charge on any atom is 0.251 e. The van der Waals surface area contributed by atoms with E-state index >= 15 is 0 Å². The molecule has 7 heteroatoms. The predicted octanol–water partition coefficient (Wildman–Crippen LogP) is 6.29. The highest BCUT2D eigenvalue weighted by molar-refractivity contribution is 7.99. The minimum Gasteiger partial charge on any atom is -0.354 e. The summed E-state index contributed by atoms with van der Waals surface area (Å²) in [6, 6.07) is 28.9. The molecule has 2 N–H and O–H groups in total. The van der Waals surface area contributed by atoms with Gasteiger partial charge in [0.15, 0.2) is 9.84 Å². The summed E-state index contributed by atoms with van der Waals surface area (Å²) in [5, 5.41) is 6.37. The highest BCUT2D eigenvalue weighted by Crippen LogP contribution is 2.45. The Morgan fingerprint density at radius 1 is 0.829 bits per heavy atom. The molecule has 0 saturated heterocycles. The van der Waals surface area contributed by atoms with Gasteiger partial charge in [0.2, 0.25) is 0 Å². The maximum atomic E-state index is 12.8. The van der Waals surface area contributed by atoms with Crippen LogP contribution < -0.4 is 10.6 Å². The van der Waals surface area contributed by atoms with Crippen molar-refractivity contribution in [3.8, 4) is 11.1 Å². The standard InChI is InChI=1S/C28H24N2O3S2/c1-2-35(32,33)23-12-8-19(9-13-23)18-29-28(31)22-11-15-26-25(16-22)30-24-14-10-21(17-27(24)34-26)20-6-4-3-5-7-20/h3-17,30H,2,18H2,1H3,(H,29,31). The van der Waals surface area contributed by atoms with Crippen LogP contribution in [0.15, 0.2) is 106 Å². The van der Waals surface area contributed by atoms with E-state index in [0.29, 0.717) is 17.0 Å². The van der Waals surface area contributed by atoms with E-state index in [4.69, 9.17) is 0 Å². The fraction of sp³-hybridized carbons (Fsp3) is 0.107. The van der Waals surface area contributed by atoms with Crippen molar-refractivity contribution in [2.75, 3.05) is 11.1 Å². The van der Waals surface area contributed by atoms with Crippen molar-refractivity contribution in [1.29, 1.82) is 0 Å². The van der Waals surface area contributed by atoms with Gasteiger partial charge in [0.25, 0.3) is 5.91 Å². The van der Waals surface area contributed by atoms with E-state index in [2.05, 4.69) is 41.0 Å². The second-order valence-electron chi connectivity index (χ2n) is 8.25. The Labute approximate surface area is 209 Å². The van der Waals surface area contributed by atoms with Crippen molar-refractivity contribution >= 4 is 38.9 Å². The van der Waals surface area contributed by atoms with Gasteiger partial charge in [0, 0.05) is 21.9 Å². The van der Waals surface area contributed by atoms with Crippen molar-refractivity contribution in [2.24, 2.45) is 0 Å². The van der Waals surface area contributed by atoms with E-state index in [9.17, 15) is 13.2 Å². The Morgan fingerprint density at radius 3 is 2.34 bits per heavy atom. The summed E-state index contributed by atoms with van der Waals surface area (Å²) in [4.78, 5) is 15.3. The van der Waals surface area contributed by atoms with E-state index in [-0.39, 0.29) is 11.7 Å². The predicted molar refractivity (Wildman–Crippen MR) is 141 cm³/mol. The highest BCUT2D eigenvalue weighted by Gasteiger charge is 2.18. The fourth-order valence-electron chi connectivity index (χ4n) is 3.91. The molecular weight excluding hydrogens is 476 g/mol. The number of carbonyl (C=O) groups is 1. The van der Waals surface area contributed by atoms with Crippen molar-refractivity contribution in [3.05, 3.63) is 102 Å². The van der Waals surface area contributed by atoms with Crippen molar-refractivity contribution in [1.82, 2.24) is 5.32 Å². The molecule has 1 heterocycles. The quantitative estimate of drug-likeness (QED) is 0.287. The first-order chi connectivity index (χ1) is 16.9. The molecule has 0 aromatic heterocycles. The van der Waals surface area contributed by atoms with Gasteiger partial charge in [-0.15, -0.1) is 0 Å². The number of amides is 1. The molecule has 0 atom stereocenters. The van der Waals surface area contributed by atoms with E-state index in [1.54, 1.807) is 43.0 Å². The zero-order valence-corrected chi connectivity index (χ0v) is 20.7. The van der Waals surface area contributed by atoms with Crippen LogP contribution in [-0.4, -0.2) is 20.1 Å². The van der Waals surface area contributed by atoms with Crippen LogP contribution in [0.3, 0.4) is 0 Å². The van der Waals surface area contributed by atoms with Crippen LogP contribution in [0.5, 0.6) is 0 Å². The number of hydrogen-bond acceptors (Lipinski definition) is 5. The van der Waals surface area contributed by atoms with Crippen LogP contribution in [0, 0.1) is 0 Å². The van der Waals surface area contributed by atoms with Crippen LogP contribution in [0.2, 0.25) is 0 Å². The lowest BCUT2D eigenvalue weighted by atomic mass is 10.1. The SMILES string of the molecule is CCS(=O)(=O)c1ccc(CNC(=O)c2ccc3c(c2)Nc2ccc(-c4ccccc4)cc2S3)cc1. The number of fused-ring (bicyclic) bond motifs is 2. The first kappa shape index (κ1) is 23.2. The van der Waals surface area contributed by atoms with Gasteiger partial charge in [-0.1, -0.05) is 67.2 Å². The fourth-order valence-corrected chi connectivity index (χ4v) is 5.80. The molecule has 0 radical (unpaired) electrons. The molecule has 0 fully saturated rings. The van der Waals surface area contributed by atoms with Crippen molar-refractivity contribution in [2.45, 2.75) is 28.2 Å². The van der Waals surface area contributed by atoms with Crippen LogP contribution >= 0.6 is 11.8 Å². The Morgan fingerprint density at radius 2 is 1.60 bits per heavy atom. The van der Waals surface area contributed by atoms with Crippen LogP contribution in [0.25, 0.3) is 11.1 Å². The molecule has 5 rings (SSSR count). The number of sulfone groups is 1. The first-order valence-corrected chi connectivity index (χ1v) is 13.8. The van der Waals surface area contributed by atoms with Gasteiger partial charge in [-0.3, -0.25) is 4.79 Å². The molecule has 0 spiro atoms. The summed E-state index contributed by atoms with van der Waals surface area (Å²) >= 11 is 1.68. The van der Waals surface area contributed by atoms with Gasteiger partial charge in [-0.2, -0.15) is 0 Å². The molecule has 0 unspecified atom stereocenters. The Hall–Kier alpha value is -3.55. The molecule has 4 aromatic rings. The molecule has 1 amide bonds. The van der Waals surface area contributed by atoms with Gasteiger partial charge >= 0.3 is 0 Å². The molecule has 4 aromatic carbocycles. The lowest BCUT2D eigenvalue weighted by Gasteiger charge is -2.22. The van der Waals surface area contributed by atoms with E-state index in [1.165, 1.54) is 11.1 Å². The largest absolute Gasteiger partial charge is 0.354 e. The molecule has 0 saturated carbocycles. The van der Waals surface area contributed by atoms with Crippen molar-refractivity contribution in [3.63, 3.8) is 0 Å². The number of benzene rings is 4. The third-order valence-corrected chi connectivity index (χ3v) is 8.82. The van der Waals surface area contributed by atoms with Crippen molar-refractivity contribution < 1.29 is 13.2 Å². The van der Waals surface area contributed by atoms with E-state index in [1.807, 2.05) is 36.4 Å². The minimum atomic E-state index is -3.23. The normalized spacial score (nSPS) is 12.3. The molecule has 0 bridgehead atoms. The maximum absolute atomic E-state index is 12.8. The molecule has 176 valence electrons. The summed E-state index contributed by atoms with van der Waals surface area (Å²) in [6.07, 6.45) is 0. The first-order valence-electron chi connectivity index (χ1n) is 11.3. The summed E-state index contributed by atoms with van der Waals surface area (Å²) in [7, 11) is -3.23. The topological polar surface area (TPSA) is 75.3 Å². The average molecular weight is 501 g/mol. The van der Waals surface area contributed by atoms with Crippen LogP contribution in [-0.2, 0) is 16.4 Å². The summed E-state index contributed by atoms with van der Waals surface area (Å²) in [6.45, 7) is 1.94. The molecule has 1 aliphatic heterocycles. The number of carbonyl (C=O) groups excluding carboxylic acids is 1. The van der Waals surface area contributed by atoms with Crippen LogP contribution in [0.4, 0.5) is 11.4 Å². The molecule has 1 aliphatic rings. The van der Waals surface area contributed by atoms with Gasteiger partial charge in [0.1, 0.15) is 0 Å². The smallest absolute Gasteiger partial charge is 0.251 e. The molecule has 0 aliphatic carbocycles. The second kappa shape index (κ2) is 9.60.